The number of nitrogens with one attached hydrogen (secondary N) is 1. The van der Waals surface area contributed by atoms with Gasteiger partial charge in [0.1, 0.15) is 18.0 Å². The first kappa shape index (κ1) is 19.4. The van der Waals surface area contributed by atoms with Crippen LogP contribution in [0.3, 0.4) is 0 Å². The number of rotatable bonds is 7. The Morgan fingerprint density at radius 2 is 1.89 bits per heavy atom. The Balaban J connectivity index is 1.84. The van der Waals surface area contributed by atoms with Crippen LogP contribution in [-0.4, -0.2) is 34.5 Å². The average molecular weight is 399 g/mol. The van der Waals surface area contributed by atoms with Gasteiger partial charge in [0.2, 0.25) is 10.7 Å². The highest BCUT2D eigenvalue weighted by Crippen LogP contribution is 2.21. The van der Waals surface area contributed by atoms with Crippen LogP contribution in [0.15, 0.2) is 42.5 Å². The molecule has 1 heterocycles. The van der Waals surface area contributed by atoms with E-state index in [2.05, 4.69) is 10.5 Å². The molecule has 0 fully saturated rings. The highest BCUT2D eigenvalue weighted by Gasteiger charge is 2.16. The molecule has 0 radical (unpaired) electrons. The molecule has 0 spiro atoms. The summed E-state index contributed by atoms with van der Waals surface area (Å²) in [6.45, 7) is 1.85. The Hall–Kier alpha value is -3.33. The number of methoxy groups -OCH3 is 2. The van der Waals surface area contributed by atoms with Crippen LogP contribution in [0.1, 0.15) is 15.9 Å². The molecule has 3 rings (SSSR count). The van der Waals surface area contributed by atoms with Crippen molar-refractivity contribution in [3.05, 3.63) is 58.4 Å². The van der Waals surface area contributed by atoms with Gasteiger partial charge in [0.25, 0.3) is 0 Å². The van der Waals surface area contributed by atoms with E-state index in [0.29, 0.717) is 11.3 Å². The number of nitrogens with zero attached hydrogens (tertiary/aromatic N) is 3. The molecule has 3 N–H and O–H groups in total. The molecule has 8 nitrogen and oxygen atoms in total. The molecule has 2 aromatic carbocycles. The Morgan fingerprint density at radius 3 is 2.54 bits per heavy atom. The number of benzene rings is 2. The molecule has 0 bridgehead atoms. The topological polar surface area (TPSA) is 96.3 Å². The number of nitrogen functional groups attached to an aromatic ring is 1. The first-order valence-electron chi connectivity index (χ1n) is 8.47. The standard InChI is InChI=1S/C19H21N5O3S/c1-12-4-9-17(27-3)15(10-12)16(25)11-23-19(28)24(18(20)22-23)21-13-5-7-14(26-2)8-6-13/h4-10,21H,11H2,1-3H3,(H2,20,22). The third kappa shape index (κ3) is 3.99. The number of ether oxygens (including phenoxy) is 2. The zero-order valence-corrected chi connectivity index (χ0v) is 16.6. The molecule has 0 aliphatic carbocycles. The summed E-state index contributed by atoms with van der Waals surface area (Å²) in [6, 6.07) is 12.7. The lowest BCUT2D eigenvalue weighted by molar-refractivity contribution is 0.0964. The van der Waals surface area contributed by atoms with Gasteiger partial charge in [-0.15, -0.1) is 5.10 Å². The number of carbonyl (C=O) groups is 1. The third-order valence-electron chi connectivity index (χ3n) is 4.14. The molecule has 1 aromatic heterocycles. The van der Waals surface area contributed by atoms with Crippen molar-refractivity contribution in [3.63, 3.8) is 0 Å². The van der Waals surface area contributed by atoms with Crippen molar-refractivity contribution in [2.24, 2.45) is 0 Å². The van der Waals surface area contributed by atoms with Gasteiger partial charge in [0.15, 0.2) is 5.78 Å². The molecule has 0 saturated carbocycles. The molecular formula is C19H21N5O3S. The van der Waals surface area contributed by atoms with E-state index >= 15 is 0 Å². The maximum atomic E-state index is 12.8. The molecule has 0 aliphatic heterocycles. The zero-order valence-electron chi connectivity index (χ0n) is 15.8. The lowest BCUT2D eigenvalue weighted by Crippen LogP contribution is -2.15. The van der Waals surface area contributed by atoms with Gasteiger partial charge in [-0.3, -0.25) is 10.2 Å². The van der Waals surface area contributed by atoms with Gasteiger partial charge in [-0.2, -0.15) is 4.68 Å². The van der Waals surface area contributed by atoms with E-state index in [-0.39, 0.29) is 23.0 Å². The van der Waals surface area contributed by atoms with E-state index in [1.807, 2.05) is 25.1 Å². The van der Waals surface area contributed by atoms with Gasteiger partial charge < -0.3 is 15.2 Å². The van der Waals surface area contributed by atoms with Gasteiger partial charge in [-0.25, -0.2) is 4.68 Å². The number of hydrogen-bond acceptors (Lipinski definition) is 7. The molecule has 0 aliphatic rings. The summed E-state index contributed by atoms with van der Waals surface area (Å²) in [6.07, 6.45) is 0. The van der Waals surface area contributed by atoms with E-state index in [0.717, 1.165) is 17.0 Å². The van der Waals surface area contributed by atoms with Crippen molar-refractivity contribution in [3.8, 4) is 11.5 Å². The Kier molecular flexibility index (Phi) is 5.65. The molecule has 0 amide bonds. The van der Waals surface area contributed by atoms with Crippen LogP contribution >= 0.6 is 12.2 Å². The van der Waals surface area contributed by atoms with Crippen LogP contribution in [0.2, 0.25) is 0 Å². The minimum atomic E-state index is -0.175. The number of aromatic nitrogens is 3. The van der Waals surface area contributed by atoms with Gasteiger partial charge in [0, 0.05) is 0 Å². The number of aryl methyl sites for hydroxylation is 1. The van der Waals surface area contributed by atoms with Gasteiger partial charge in [-0.05, 0) is 55.5 Å². The molecule has 9 heteroatoms. The summed E-state index contributed by atoms with van der Waals surface area (Å²) in [7, 11) is 3.12. The van der Waals surface area contributed by atoms with Crippen molar-refractivity contribution in [2.75, 3.05) is 25.4 Å². The van der Waals surface area contributed by atoms with Crippen molar-refractivity contribution in [1.29, 1.82) is 0 Å². The lowest BCUT2D eigenvalue weighted by atomic mass is 10.1. The van der Waals surface area contributed by atoms with Crippen LogP contribution in [-0.2, 0) is 6.54 Å². The second-order valence-corrected chi connectivity index (χ2v) is 6.47. The quantitative estimate of drug-likeness (QED) is 0.465. The Bertz CT molecular complexity index is 1060. The number of ketones is 1. The van der Waals surface area contributed by atoms with Crippen molar-refractivity contribution >= 4 is 29.6 Å². The second kappa shape index (κ2) is 8.13. The fourth-order valence-corrected chi connectivity index (χ4v) is 2.93. The molecule has 28 heavy (non-hydrogen) atoms. The molecule has 146 valence electrons. The summed E-state index contributed by atoms with van der Waals surface area (Å²) in [4.78, 5) is 12.8. The van der Waals surface area contributed by atoms with Crippen molar-refractivity contribution in [1.82, 2.24) is 14.5 Å². The van der Waals surface area contributed by atoms with Crippen LogP contribution in [0, 0.1) is 11.7 Å². The van der Waals surface area contributed by atoms with Crippen LogP contribution in [0.25, 0.3) is 0 Å². The van der Waals surface area contributed by atoms with E-state index < -0.39 is 0 Å². The molecule has 0 unspecified atom stereocenters. The first-order valence-corrected chi connectivity index (χ1v) is 8.88. The zero-order chi connectivity index (χ0) is 20.3. The molecule has 0 saturated heterocycles. The average Bonchev–Trinajstić information content (AvgIpc) is 2.95. The smallest absolute Gasteiger partial charge is 0.240 e. The summed E-state index contributed by atoms with van der Waals surface area (Å²) >= 11 is 5.43. The normalized spacial score (nSPS) is 10.5. The van der Waals surface area contributed by atoms with E-state index in [1.165, 1.54) is 16.5 Å². The summed E-state index contributed by atoms with van der Waals surface area (Å²) in [5.74, 6) is 1.21. The Morgan fingerprint density at radius 1 is 1.18 bits per heavy atom. The van der Waals surface area contributed by atoms with Gasteiger partial charge >= 0.3 is 0 Å². The number of Topliss-reactive ketones (excluding diaryl/α,β-unsaturated/α-hetero) is 1. The van der Waals surface area contributed by atoms with Crippen LogP contribution in [0.4, 0.5) is 11.6 Å². The summed E-state index contributed by atoms with van der Waals surface area (Å²) in [5.41, 5.74) is 11.2. The molecule has 3 aromatic rings. The number of nitrogens with two attached hydrogens (primary N) is 1. The largest absolute Gasteiger partial charge is 0.497 e. The van der Waals surface area contributed by atoms with E-state index in [9.17, 15) is 4.79 Å². The van der Waals surface area contributed by atoms with Crippen molar-refractivity contribution in [2.45, 2.75) is 13.5 Å². The fraction of sp³-hybridized carbons (Fsp3) is 0.211. The fourth-order valence-electron chi connectivity index (χ4n) is 2.69. The number of anilines is 2. The molecule has 0 atom stereocenters. The predicted octanol–water partition coefficient (Wildman–Crippen LogP) is 3.08. The minimum Gasteiger partial charge on any atom is -0.497 e. The summed E-state index contributed by atoms with van der Waals surface area (Å²) in [5, 5.41) is 4.19. The predicted molar refractivity (Wildman–Crippen MR) is 110 cm³/mol. The highest BCUT2D eigenvalue weighted by atomic mass is 32.1. The lowest BCUT2D eigenvalue weighted by Gasteiger charge is -2.09. The van der Waals surface area contributed by atoms with Crippen LogP contribution in [0.5, 0.6) is 11.5 Å². The minimum absolute atomic E-state index is 0.0554. The first-order chi connectivity index (χ1) is 13.4. The van der Waals surface area contributed by atoms with Gasteiger partial charge in [0.05, 0.1) is 25.5 Å². The van der Waals surface area contributed by atoms with Crippen LogP contribution < -0.4 is 20.6 Å². The molecular weight excluding hydrogens is 378 g/mol. The number of carbonyl (C=O) groups excluding carboxylic acids is 1. The maximum absolute atomic E-state index is 12.8. The Labute approximate surface area is 167 Å². The van der Waals surface area contributed by atoms with Crippen molar-refractivity contribution < 1.29 is 14.3 Å². The second-order valence-electron chi connectivity index (χ2n) is 6.10. The third-order valence-corrected chi connectivity index (χ3v) is 4.54. The highest BCUT2D eigenvalue weighted by molar-refractivity contribution is 7.71. The van der Waals surface area contributed by atoms with E-state index in [4.69, 9.17) is 27.4 Å². The SMILES string of the molecule is COc1ccc(Nn2c(N)nn(CC(=O)c3cc(C)ccc3OC)c2=S)cc1. The number of hydrogen-bond donors (Lipinski definition) is 2. The van der Waals surface area contributed by atoms with E-state index in [1.54, 1.807) is 31.4 Å². The summed E-state index contributed by atoms with van der Waals surface area (Å²) < 4.78 is 13.5. The maximum Gasteiger partial charge on any atom is 0.240 e. The van der Waals surface area contributed by atoms with Gasteiger partial charge in [-0.1, -0.05) is 11.6 Å². The monoisotopic (exact) mass is 399 g/mol.